The molecule has 8 nitrogen and oxygen atoms in total. The fourth-order valence-corrected chi connectivity index (χ4v) is 4.81. The number of rotatable bonds is 3. The number of fused-ring (bicyclic) bond motifs is 1. The van der Waals surface area contributed by atoms with Gasteiger partial charge >= 0.3 is 0 Å². The molecule has 0 bridgehead atoms. The minimum absolute atomic E-state index is 0.146. The number of piperazine rings is 1. The Labute approximate surface area is 219 Å². The monoisotopic (exact) mass is 521 g/mol. The number of aliphatic imine (C=N–C) groups is 1. The quantitative estimate of drug-likeness (QED) is 0.532. The first kappa shape index (κ1) is 24.0. The summed E-state index contributed by atoms with van der Waals surface area (Å²) in [4.78, 5) is 36.1. The van der Waals surface area contributed by atoms with Gasteiger partial charge in [0.05, 0.1) is 17.7 Å². The summed E-state index contributed by atoms with van der Waals surface area (Å²) in [7, 11) is 1.72. The Morgan fingerprint density at radius 3 is 2.47 bits per heavy atom. The zero-order valence-electron chi connectivity index (χ0n) is 19.6. The second-order valence-electron chi connectivity index (χ2n) is 8.51. The van der Waals surface area contributed by atoms with Gasteiger partial charge in [0, 0.05) is 49.4 Å². The molecule has 0 spiro atoms. The first-order chi connectivity index (χ1) is 17.4. The van der Waals surface area contributed by atoms with E-state index in [1.54, 1.807) is 35.0 Å². The molecule has 1 unspecified atom stereocenters. The third kappa shape index (κ3) is 4.72. The number of halogens is 1. The number of anilines is 1. The molecule has 5 rings (SSSR count). The van der Waals surface area contributed by atoms with E-state index >= 15 is 0 Å². The fourth-order valence-electron chi connectivity index (χ4n) is 4.34. The Balaban J connectivity index is 1.36. The molecule has 1 atom stereocenters. The van der Waals surface area contributed by atoms with Crippen LogP contribution in [0.5, 0.6) is 0 Å². The van der Waals surface area contributed by atoms with Crippen molar-refractivity contribution in [2.24, 2.45) is 4.99 Å². The van der Waals surface area contributed by atoms with E-state index < -0.39 is 6.17 Å². The van der Waals surface area contributed by atoms with Crippen LogP contribution in [0.4, 0.5) is 5.69 Å². The van der Waals surface area contributed by atoms with E-state index in [0.717, 1.165) is 11.1 Å². The van der Waals surface area contributed by atoms with Crippen LogP contribution >= 0.6 is 23.8 Å². The smallest absolute Gasteiger partial charge is 0.289 e. The molecule has 2 aliphatic heterocycles. The van der Waals surface area contributed by atoms with Crippen molar-refractivity contribution in [1.82, 2.24) is 15.1 Å². The molecule has 10 heteroatoms. The van der Waals surface area contributed by atoms with E-state index in [9.17, 15) is 9.59 Å². The predicted octanol–water partition coefficient (Wildman–Crippen LogP) is 3.41. The van der Waals surface area contributed by atoms with Gasteiger partial charge in [0.1, 0.15) is 0 Å². The number of carbonyl (C=O) groups is 2. The highest BCUT2D eigenvalue weighted by Gasteiger charge is 2.32. The molecule has 0 radical (unpaired) electrons. The van der Waals surface area contributed by atoms with E-state index in [2.05, 4.69) is 5.32 Å². The Morgan fingerprint density at radius 2 is 1.78 bits per heavy atom. The van der Waals surface area contributed by atoms with Gasteiger partial charge in [-0.15, -0.1) is 0 Å². The van der Waals surface area contributed by atoms with Crippen LogP contribution in [0.2, 0.25) is 5.02 Å². The third-order valence-electron chi connectivity index (χ3n) is 6.29. The number of carbonyl (C=O) groups excluding carboxylic acids is 2. The summed E-state index contributed by atoms with van der Waals surface area (Å²) in [6.45, 7) is 2.03. The Kier molecular flexibility index (Phi) is 6.75. The lowest BCUT2D eigenvalue weighted by Gasteiger charge is -2.36. The van der Waals surface area contributed by atoms with Crippen LogP contribution in [-0.4, -0.2) is 71.8 Å². The van der Waals surface area contributed by atoms with Crippen molar-refractivity contribution < 1.29 is 14.0 Å². The lowest BCUT2D eigenvalue weighted by molar-refractivity contribution is -0.119. The van der Waals surface area contributed by atoms with Gasteiger partial charge in [0.25, 0.3) is 11.8 Å². The predicted molar refractivity (Wildman–Crippen MR) is 143 cm³/mol. The number of benzene rings is 2. The Bertz CT molecular complexity index is 1320. The number of thiocarbonyl (C=S) groups is 1. The molecule has 2 aliphatic rings. The SMILES string of the molecule is CN1C(=O)C(NC(=S)N2CCN(C(=O)c3ccco3)CC2)N=C(c2ccccc2)c2cc(Cl)ccc21. The number of furan rings is 1. The molecule has 0 aliphatic carbocycles. The van der Waals surface area contributed by atoms with Gasteiger partial charge in [0.15, 0.2) is 10.9 Å². The molecule has 1 aromatic heterocycles. The summed E-state index contributed by atoms with van der Waals surface area (Å²) in [6.07, 6.45) is 0.561. The minimum Gasteiger partial charge on any atom is -0.459 e. The molecular weight excluding hydrogens is 498 g/mol. The van der Waals surface area contributed by atoms with Gasteiger partial charge in [-0.2, -0.15) is 0 Å². The Morgan fingerprint density at radius 1 is 1.06 bits per heavy atom. The largest absolute Gasteiger partial charge is 0.459 e. The number of nitrogens with one attached hydrogen (secondary N) is 1. The van der Waals surface area contributed by atoms with Crippen molar-refractivity contribution in [3.8, 4) is 0 Å². The lowest BCUT2D eigenvalue weighted by Crippen LogP contribution is -2.56. The van der Waals surface area contributed by atoms with E-state index in [-0.39, 0.29) is 11.8 Å². The molecule has 36 heavy (non-hydrogen) atoms. The number of hydrogen-bond acceptors (Lipinski definition) is 5. The molecule has 1 fully saturated rings. The summed E-state index contributed by atoms with van der Waals surface area (Å²) in [5.74, 6) is -0.0650. The topological polar surface area (TPSA) is 81.4 Å². The van der Waals surface area contributed by atoms with Crippen LogP contribution in [0.25, 0.3) is 0 Å². The second-order valence-corrected chi connectivity index (χ2v) is 9.33. The molecule has 2 aromatic carbocycles. The van der Waals surface area contributed by atoms with Crippen LogP contribution < -0.4 is 10.2 Å². The van der Waals surface area contributed by atoms with Gasteiger partial charge in [-0.05, 0) is 42.5 Å². The summed E-state index contributed by atoms with van der Waals surface area (Å²) in [5.41, 5.74) is 3.00. The molecule has 2 amide bonds. The van der Waals surface area contributed by atoms with Crippen molar-refractivity contribution in [3.05, 3.63) is 88.8 Å². The van der Waals surface area contributed by atoms with Crippen LogP contribution in [-0.2, 0) is 4.79 Å². The lowest BCUT2D eigenvalue weighted by atomic mass is 10.0. The van der Waals surface area contributed by atoms with Crippen molar-refractivity contribution >= 4 is 52.1 Å². The highest BCUT2D eigenvalue weighted by molar-refractivity contribution is 7.80. The van der Waals surface area contributed by atoms with E-state index in [0.29, 0.717) is 53.5 Å². The van der Waals surface area contributed by atoms with Gasteiger partial charge in [-0.25, -0.2) is 4.99 Å². The van der Waals surface area contributed by atoms with E-state index in [4.69, 9.17) is 33.2 Å². The number of benzodiazepines with no additional fused rings is 1. The zero-order chi connectivity index (χ0) is 25.2. The van der Waals surface area contributed by atoms with Crippen molar-refractivity contribution in [1.29, 1.82) is 0 Å². The van der Waals surface area contributed by atoms with Gasteiger partial charge in [0.2, 0.25) is 6.17 Å². The van der Waals surface area contributed by atoms with Crippen LogP contribution in [0.3, 0.4) is 0 Å². The first-order valence-electron chi connectivity index (χ1n) is 11.5. The standard InChI is InChI=1S/C26H24ClN5O3S/c1-30-20-10-9-18(27)16-19(20)22(17-6-3-2-4-7-17)28-23(25(30)34)29-26(36)32-13-11-31(12-14-32)24(33)21-8-5-15-35-21/h2-10,15-16,23H,11-14H2,1H3,(H,29,36). The summed E-state index contributed by atoms with van der Waals surface area (Å²) in [6, 6.07) is 18.4. The molecule has 184 valence electrons. The molecule has 0 saturated carbocycles. The highest BCUT2D eigenvalue weighted by Crippen LogP contribution is 2.30. The maximum atomic E-state index is 13.4. The van der Waals surface area contributed by atoms with Crippen LogP contribution in [0.15, 0.2) is 76.3 Å². The summed E-state index contributed by atoms with van der Waals surface area (Å²) < 4.78 is 5.23. The molecule has 3 aromatic rings. The summed E-state index contributed by atoms with van der Waals surface area (Å²) in [5, 5.41) is 4.12. The van der Waals surface area contributed by atoms with Gasteiger partial charge < -0.3 is 24.4 Å². The normalized spacial score (nSPS) is 17.8. The molecule has 1 N–H and O–H groups in total. The van der Waals surface area contributed by atoms with Crippen molar-refractivity contribution in [2.45, 2.75) is 6.17 Å². The van der Waals surface area contributed by atoms with Crippen LogP contribution in [0, 0.1) is 0 Å². The van der Waals surface area contributed by atoms with E-state index in [1.165, 1.54) is 6.26 Å². The highest BCUT2D eigenvalue weighted by atomic mass is 35.5. The molecular formula is C26H24ClN5O3S. The maximum Gasteiger partial charge on any atom is 0.289 e. The minimum atomic E-state index is -0.924. The molecule has 3 heterocycles. The maximum absolute atomic E-state index is 13.4. The first-order valence-corrected chi connectivity index (χ1v) is 12.3. The number of hydrogen-bond donors (Lipinski definition) is 1. The third-order valence-corrected chi connectivity index (χ3v) is 6.90. The fraction of sp³-hybridized carbons (Fsp3) is 0.231. The second kappa shape index (κ2) is 10.1. The van der Waals surface area contributed by atoms with Gasteiger partial charge in [-0.1, -0.05) is 41.9 Å². The summed E-state index contributed by atoms with van der Waals surface area (Å²) >= 11 is 12.0. The Hall–Kier alpha value is -3.69. The number of likely N-dealkylation sites (N-methyl/N-ethyl adjacent to an activating group) is 1. The van der Waals surface area contributed by atoms with Crippen molar-refractivity contribution in [2.75, 3.05) is 38.1 Å². The average molecular weight is 522 g/mol. The zero-order valence-corrected chi connectivity index (χ0v) is 21.1. The average Bonchev–Trinajstić information content (AvgIpc) is 3.42. The van der Waals surface area contributed by atoms with Crippen molar-refractivity contribution in [3.63, 3.8) is 0 Å². The number of amides is 2. The van der Waals surface area contributed by atoms with Crippen LogP contribution in [0.1, 0.15) is 21.7 Å². The molecule has 1 saturated heterocycles. The van der Waals surface area contributed by atoms with E-state index in [1.807, 2.05) is 47.4 Å². The number of nitrogens with zero attached hydrogens (tertiary/aromatic N) is 4. The van der Waals surface area contributed by atoms with Gasteiger partial charge in [-0.3, -0.25) is 9.59 Å².